The lowest BCUT2D eigenvalue weighted by molar-refractivity contribution is -0.135. The summed E-state index contributed by atoms with van der Waals surface area (Å²) in [6.45, 7) is 3.71. The fourth-order valence-electron chi connectivity index (χ4n) is 1.63. The molecule has 102 valence electrons. The molecule has 0 amide bonds. The molecule has 0 spiro atoms. The van der Waals surface area contributed by atoms with E-state index in [4.69, 9.17) is 11.6 Å². The molecule has 1 atom stereocenters. The number of nitrogens with one attached hydrogen (secondary N) is 1. The molecule has 1 rings (SSSR count). The smallest absolute Gasteiger partial charge is 0.380 e. The summed E-state index contributed by atoms with van der Waals surface area (Å²) in [6.07, 6.45) is -2.70. The Morgan fingerprint density at radius 1 is 1.44 bits per heavy atom. The summed E-state index contributed by atoms with van der Waals surface area (Å²) in [5.74, 6) is 0. The molecule has 0 radical (unpaired) electrons. The summed E-state index contributed by atoms with van der Waals surface area (Å²) in [6, 6.07) is 1.73. The summed E-state index contributed by atoms with van der Waals surface area (Å²) in [4.78, 5) is 3.94. The van der Waals surface area contributed by atoms with Crippen LogP contribution in [0.5, 0.6) is 0 Å². The molecule has 0 aliphatic heterocycles. The van der Waals surface area contributed by atoms with Gasteiger partial charge in [-0.1, -0.05) is 11.6 Å². The Balaban J connectivity index is 2.47. The molecule has 0 aliphatic carbocycles. The van der Waals surface area contributed by atoms with Crippen molar-refractivity contribution in [3.05, 3.63) is 23.0 Å². The first-order valence-corrected chi connectivity index (χ1v) is 6.12. The molecule has 1 N–H and O–H groups in total. The van der Waals surface area contributed by atoms with Gasteiger partial charge in [-0.2, -0.15) is 13.2 Å². The van der Waals surface area contributed by atoms with Crippen LogP contribution in [0.15, 0.2) is 12.3 Å². The minimum absolute atomic E-state index is 0.0762. The fraction of sp³-hybridized carbons (Fsp3) is 0.583. The van der Waals surface area contributed by atoms with Crippen molar-refractivity contribution in [3.63, 3.8) is 0 Å². The Morgan fingerprint density at radius 3 is 2.67 bits per heavy atom. The Morgan fingerprint density at radius 2 is 2.11 bits per heavy atom. The maximum absolute atomic E-state index is 12.0. The molecule has 1 unspecified atom stereocenters. The number of hydrogen-bond acceptors (Lipinski definition) is 2. The first-order valence-electron chi connectivity index (χ1n) is 5.74. The fourth-order valence-corrected chi connectivity index (χ4v) is 1.89. The molecule has 0 bridgehead atoms. The number of rotatable bonds is 5. The van der Waals surface area contributed by atoms with E-state index in [1.807, 2.05) is 13.8 Å². The normalized spacial score (nSPS) is 13.4. The number of anilines is 1. The van der Waals surface area contributed by atoms with Gasteiger partial charge >= 0.3 is 6.18 Å². The molecule has 1 aromatic rings. The average molecular weight is 281 g/mol. The second kappa shape index (κ2) is 6.27. The number of hydrogen-bond donors (Lipinski definition) is 1. The SMILES string of the molecule is Cc1ccnc(Cl)c1NC(C)CCCC(F)(F)F. The van der Waals surface area contributed by atoms with E-state index in [2.05, 4.69) is 10.3 Å². The molecule has 6 heteroatoms. The lowest BCUT2D eigenvalue weighted by atomic mass is 10.1. The van der Waals surface area contributed by atoms with Crippen LogP contribution < -0.4 is 5.32 Å². The van der Waals surface area contributed by atoms with Gasteiger partial charge in [0.15, 0.2) is 5.15 Å². The zero-order chi connectivity index (χ0) is 13.8. The molecular formula is C12H16ClF3N2. The molecule has 0 aromatic carbocycles. The summed E-state index contributed by atoms with van der Waals surface area (Å²) < 4.78 is 36.0. The molecule has 1 heterocycles. The van der Waals surface area contributed by atoms with Crippen molar-refractivity contribution < 1.29 is 13.2 Å². The molecule has 0 fully saturated rings. The van der Waals surface area contributed by atoms with E-state index < -0.39 is 12.6 Å². The zero-order valence-electron chi connectivity index (χ0n) is 10.3. The molecule has 1 aromatic heterocycles. The van der Waals surface area contributed by atoms with Crippen molar-refractivity contribution in [3.8, 4) is 0 Å². The van der Waals surface area contributed by atoms with Crippen molar-refractivity contribution in [1.29, 1.82) is 0 Å². The third kappa shape index (κ3) is 5.12. The summed E-state index contributed by atoms with van der Waals surface area (Å²) >= 11 is 5.93. The lowest BCUT2D eigenvalue weighted by Crippen LogP contribution is -2.17. The number of halogens is 4. The highest BCUT2D eigenvalue weighted by Gasteiger charge is 2.26. The van der Waals surface area contributed by atoms with E-state index in [0.29, 0.717) is 17.3 Å². The molecule has 18 heavy (non-hydrogen) atoms. The van der Waals surface area contributed by atoms with Crippen LogP contribution >= 0.6 is 11.6 Å². The third-order valence-corrected chi connectivity index (χ3v) is 2.89. The van der Waals surface area contributed by atoms with Crippen LogP contribution in [-0.4, -0.2) is 17.2 Å². The van der Waals surface area contributed by atoms with Crippen molar-refractivity contribution in [2.75, 3.05) is 5.32 Å². The largest absolute Gasteiger partial charge is 0.389 e. The van der Waals surface area contributed by atoms with E-state index >= 15 is 0 Å². The monoisotopic (exact) mass is 280 g/mol. The second-order valence-corrected chi connectivity index (χ2v) is 4.70. The topological polar surface area (TPSA) is 24.9 Å². The van der Waals surface area contributed by atoms with Crippen molar-refractivity contribution in [2.45, 2.75) is 45.3 Å². The minimum Gasteiger partial charge on any atom is -0.380 e. The van der Waals surface area contributed by atoms with E-state index in [9.17, 15) is 13.2 Å². The van der Waals surface area contributed by atoms with Crippen molar-refractivity contribution in [2.24, 2.45) is 0 Å². The summed E-state index contributed by atoms with van der Waals surface area (Å²) in [7, 11) is 0. The first-order chi connectivity index (χ1) is 8.29. The average Bonchev–Trinajstić information content (AvgIpc) is 2.22. The highest BCUT2D eigenvalue weighted by molar-refractivity contribution is 6.32. The van der Waals surface area contributed by atoms with Gasteiger partial charge in [0.25, 0.3) is 0 Å². The van der Waals surface area contributed by atoms with Gasteiger partial charge in [-0.25, -0.2) is 4.98 Å². The van der Waals surface area contributed by atoms with Gasteiger partial charge < -0.3 is 5.32 Å². The van der Waals surface area contributed by atoms with Gasteiger partial charge in [0.05, 0.1) is 5.69 Å². The maximum atomic E-state index is 12.0. The number of alkyl halides is 3. The van der Waals surface area contributed by atoms with Crippen molar-refractivity contribution in [1.82, 2.24) is 4.98 Å². The second-order valence-electron chi connectivity index (χ2n) is 4.35. The quantitative estimate of drug-likeness (QED) is 0.799. The molecule has 0 saturated heterocycles. The van der Waals surface area contributed by atoms with Gasteiger partial charge in [-0.3, -0.25) is 0 Å². The third-order valence-electron chi connectivity index (χ3n) is 2.60. The van der Waals surface area contributed by atoms with Gasteiger partial charge in [-0.15, -0.1) is 0 Å². The Kier molecular flexibility index (Phi) is 5.26. The van der Waals surface area contributed by atoms with Crippen LogP contribution in [0.1, 0.15) is 31.7 Å². The predicted molar refractivity (Wildman–Crippen MR) is 67.0 cm³/mol. The highest BCUT2D eigenvalue weighted by atomic mass is 35.5. The number of pyridine rings is 1. The van der Waals surface area contributed by atoms with Crippen LogP contribution in [0.4, 0.5) is 18.9 Å². The first kappa shape index (κ1) is 15.1. The van der Waals surface area contributed by atoms with Gasteiger partial charge in [0, 0.05) is 18.7 Å². The number of aryl methyl sites for hydroxylation is 1. The Hall–Kier alpha value is -0.970. The van der Waals surface area contributed by atoms with Gasteiger partial charge in [0.1, 0.15) is 0 Å². The molecule has 2 nitrogen and oxygen atoms in total. The summed E-state index contributed by atoms with van der Waals surface area (Å²) in [5, 5.41) is 3.45. The van der Waals surface area contributed by atoms with Crippen molar-refractivity contribution >= 4 is 17.3 Å². The van der Waals surface area contributed by atoms with Crippen LogP contribution in [0.2, 0.25) is 5.15 Å². The standard InChI is InChI=1S/C12H16ClF3N2/c1-8-5-7-17-11(13)10(8)18-9(2)4-3-6-12(14,15)16/h5,7,9,18H,3-4,6H2,1-2H3. The van der Waals surface area contributed by atoms with Crippen LogP contribution in [0, 0.1) is 6.92 Å². The minimum atomic E-state index is -4.08. The Bertz CT molecular complexity index is 373. The van der Waals surface area contributed by atoms with E-state index in [1.54, 1.807) is 12.3 Å². The Labute approximate surface area is 110 Å². The van der Waals surface area contributed by atoms with E-state index in [-0.39, 0.29) is 12.5 Å². The van der Waals surface area contributed by atoms with Gasteiger partial charge in [-0.05, 0) is 38.3 Å². The molecule has 0 saturated carbocycles. The number of nitrogens with zero attached hydrogens (tertiary/aromatic N) is 1. The molecular weight excluding hydrogens is 265 g/mol. The van der Waals surface area contributed by atoms with E-state index in [0.717, 1.165) is 5.56 Å². The summed E-state index contributed by atoms with van der Waals surface area (Å²) in [5.41, 5.74) is 1.62. The lowest BCUT2D eigenvalue weighted by Gasteiger charge is -2.18. The van der Waals surface area contributed by atoms with Crippen LogP contribution in [-0.2, 0) is 0 Å². The van der Waals surface area contributed by atoms with E-state index in [1.165, 1.54) is 0 Å². The number of aromatic nitrogens is 1. The predicted octanol–water partition coefficient (Wildman–Crippen LogP) is 4.58. The highest BCUT2D eigenvalue weighted by Crippen LogP contribution is 2.26. The zero-order valence-corrected chi connectivity index (χ0v) is 11.1. The molecule has 0 aliphatic rings. The van der Waals surface area contributed by atoms with Gasteiger partial charge in [0.2, 0.25) is 0 Å². The van der Waals surface area contributed by atoms with Crippen LogP contribution in [0.25, 0.3) is 0 Å². The van der Waals surface area contributed by atoms with Crippen LogP contribution in [0.3, 0.4) is 0 Å². The maximum Gasteiger partial charge on any atom is 0.389 e.